The third-order valence-electron chi connectivity index (χ3n) is 5.11. The van der Waals surface area contributed by atoms with Crippen LogP contribution in [0.15, 0.2) is 72.9 Å². The summed E-state index contributed by atoms with van der Waals surface area (Å²) in [6.45, 7) is 0. The van der Waals surface area contributed by atoms with Crippen molar-refractivity contribution in [3.8, 4) is 11.1 Å². The van der Waals surface area contributed by atoms with Crippen LogP contribution in [0.25, 0.3) is 22.0 Å². The molecule has 140 valence electrons. The number of ketones is 1. The third kappa shape index (κ3) is 2.70. The maximum absolute atomic E-state index is 12.6. The lowest BCUT2D eigenvalue weighted by molar-refractivity contribution is 0.0847. The summed E-state index contributed by atoms with van der Waals surface area (Å²) in [6, 6.07) is 19.7. The molecule has 6 nitrogen and oxygen atoms in total. The summed E-state index contributed by atoms with van der Waals surface area (Å²) in [4.78, 5) is 40.6. The van der Waals surface area contributed by atoms with Crippen molar-refractivity contribution < 1.29 is 14.4 Å². The molecule has 3 N–H and O–H groups in total. The molecule has 5 rings (SSSR count). The number of aromatic nitrogens is 1. The van der Waals surface area contributed by atoms with E-state index in [0.29, 0.717) is 22.3 Å². The van der Waals surface area contributed by atoms with Gasteiger partial charge in [-0.25, -0.2) is 0 Å². The number of fused-ring (bicyclic) bond motifs is 4. The summed E-state index contributed by atoms with van der Waals surface area (Å²) in [5.41, 5.74) is 9.20. The molecule has 0 fully saturated rings. The summed E-state index contributed by atoms with van der Waals surface area (Å²) in [7, 11) is 0. The Kier molecular flexibility index (Phi) is 3.77. The third-order valence-corrected chi connectivity index (χ3v) is 5.11. The first-order valence-electron chi connectivity index (χ1n) is 9.08. The summed E-state index contributed by atoms with van der Waals surface area (Å²) in [5.74, 6) is -1.03. The number of carbonyl (C=O) groups excluding carboxylic acids is 3. The van der Waals surface area contributed by atoms with Crippen LogP contribution in [0.4, 0.5) is 0 Å². The van der Waals surface area contributed by atoms with Crippen molar-refractivity contribution in [1.82, 2.24) is 15.8 Å². The van der Waals surface area contributed by atoms with Crippen molar-refractivity contribution in [2.45, 2.75) is 0 Å². The van der Waals surface area contributed by atoms with Gasteiger partial charge in [-0.15, -0.1) is 0 Å². The van der Waals surface area contributed by atoms with Crippen LogP contribution < -0.4 is 10.9 Å². The van der Waals surface area contributed by atoms with Crippen molar-refractivity contribution >= 4 is 28.5 Å². The van der Waals surface area contributed by atoms with Gasteiger partial charge in [-0.3, -0.25) is 25.2 Å². The lowest BCUT2D eigenvalue weighted by Gasteiger charge is -2.08. The summed E-state index contributed by atoms with van der Waals surface area (Å²) >= 11 is 0. The number of carbonyl (C=O) groups is 3. The fourth-order valence-electron chi connectivity index (χ4n) is 3.68. The minimum absolute atomic E-state index is 0.104. The Hall–Kier alpha value is -4.19. The molecule has 4 aromatic rings. The van der Waals surface area contributed by atoms with E-state index in [4.69, 9.17) is 0 Å². The van der Waals surface area contributed by atoms with Crippen molar-refractivity contribution in [3.05, 3.63) is 95.2 Å². The van der Waals surface area contributed by atoms with Gasteiger partial charge in [0.15, 0.2) is 5.78 Å². The highest BCUT2D eigenvalue weighted by molar-refractivity contribution is 6.22. The first kappa shape index (κ1) is 16.9. The molecule has 0 unspecified atom stereocenters. The number of hydrazine groups is 1. The van der Waals surface area contributed by atoms with Gasteiger partial charge in [-0.05, 0) is 29.3 Å². The fraction of sp³-hybridized carbons (Fsp3) is 0. The molecule has 0 radical (unpaired) electrons. The van der Waals surface area contributed by atoms with Crippen LogP contribution in [0, 0.1) is 0 Å². The normalized spacial score (nSPS) is 11.8. The zero-order valence-corrected chi connectivity index (χ0v) is 15.2. The van der Waals surface area contributed by atoms with Crippen LogP contribution >= 0.6 is 0 Å². The molecule has 1 aliphatic rings. The molecule has 1 heterocycles. The minimum Gasteiger partial charge on any atom is -0.360 e. The quantitative estimate of drug-likeness (QED) is 0.409. The van der Waals surface area contributed by atoms with Gasteiger partial charge in [-0.2, -0.15) is 0 Å². The van der Waals surface area contributed by atoms with E-state index >= 15 is 0 Å². The predicted molar refractivity (Wildman–Crippen MR) is 109 cm³/mol. The molecule has 0 bridgehead atoms. The Morgan fingerprint density at radius 2 is 1.41 bits per heavy atom. The molecular weight excluding hydrogens is 366 g/mol. The van der Waals surface area contributed by atoms with Crippen molar-refractivity contribution in [3.63, 3.8) is 0 Å². The zero-order chi connectivity index (χ0) is 20.0. The minimum atomic E-state index is -0.496. The summed E-state index contributed by atoms with van der Waals surface area (Å²) in [5, 5.41) is 0.764. The van der Waals surface area contributed by atoms with E-state index < -0.39 is 11.8 Å². The Balaban J connectivity index is 1.35. The van der Waals surface area contributed by atoms with Gasteiger partial charge in [0, 0.05) is 33.8 Å². The lowest BCUT2D eigenvalue weighted by atomic mass is 10.0. The first-order valence-corrected chi connectivity index (χ1v) is 9.08. The van der Waals surface area contributed by atoms with E-state index in [-0.39, 0.29) is 5.78 Å². The SMILES string of the molecule is O=C(NNC(=O)c1c[nH]c2ccccc12)c1ccc2c(c1)C(=O)c1ccccc1-2. The second kappa shape index (κ2) is 6.45. The molecule has 0 spiro atoms. The van der Waals surface area contributed by atoms with E-state index in [9.17, 15) is 14.4 Å². The monoisotopic (exact) mass is 381 g/mol. The molecule has 0 saturated carbocycles. The molecule has 3 aromatic carbocycles. The van der Waals surface area contributed by atoms with E-state index in [1.807, 2.05) is 42.5 Å². The average Bonchev–Trinajstić information content (AvgIpc) is 3.32. The Bertz CT molecular complexity index is 1320. The predicted octanol–water partition coefficient (Wildman–Crippen LogP) is 3.45. The number of rotatable bonds is 2. The highest BCUT2D eigenvalue weighted by atomic mass is 16.2. The number of benzene rings is 3. The first-order chi connectivity index (χ1) is 14.1. The maximum Gasteiger partial charge on any atom is 0.271 e. The lowest BCUT2D eigenvalue weighted by Crippen LogP contribution is -2.41. The molecule has 2 amide bonds. The Morgan fingerprint density at radius 3 is 2.28 bits per heavy atom. The second-order valence-corrected chi connectivity index (χ2v) is 6.79. The van der Waals surface area contributed by atoms with Crippen LogP contribution in [0.5, 0.6) is 0 Å². The van der Waals surface area contributed by atoms with E-state index in [1.54, 1.807) is 30.5 Å². The molecule has 1 aliphatic carbocycles. The number of amides is 2. The molecule has 0 aliphatic heterocycles. The van der Waals surface area contributed by atoms with Gasteiger partial charge in [0.1, 0.15) is 0 Å². The highest BCUT2D eigenvalue weighted by Crippen LogP contribution is 2.36. The highest BCUT2D eigenvalue weighted by Gasteiger charge is 2.27. The number of aromatic amines is 1. The number of nitrogens with one attached hydrogen (secondary N) is 3. The maximum atomic E-state index is 12.6. The topological polar surface area (TPSA) is 91.1 Å². The van der Waals surface area contributed by atoms with Gasteiger partial charge < -0.3 is 4.98 Å². The van der Waals surface area contributed by atoms with Gasteiger partial charge in [0.25, 0.3) is 11.8 Å². The van der Waals surface area contributed by atoms with Crippen LogP contribution in [0.3, 0.4) is 0 Å². The standard InChI is InChI=1S/C23H15N3O3/c27-21-17-7-2-1-5-14(17)15-10-9-13(11-18(15)21)22(28)25-26-23(29)19-12-24-20-8-4-3-6-16(19)20/h1-12,24H,(H,25,28)(H,26,29). The van der Waals surface area contributed by atoms with Crippen LogP contribution in [0.2, 0.25) is 0 Å². The number of hydrogen-bond acceptors (Lipinski definition) is 3. The smallest absolute Gasteiger partial charge is 0.271 e. The fourth-order valence-corrected chi connectivity index (χ4v) is 3.68. The van der Waals surface area contributed by atoms with Gasteiger partial charge >= 0.3 is 0 Å². The molecule has 0 atom stereocenters. The molecule has 1 aromatic heterocycles. The van der Waals surface area contributed by atoms with E-state index in [0.717, 1.165) is 22.0 Å². The largest absolute Gasteiger partial charge is 0.360 e. The average molecular weight is 381 g/mol. The van der Waals surface area contributed by atoms with Gasteiger partial charge in [0.05, 0.1) is 5.56 Å². The van der Waals surface area contributed by atoms with Crippen molar-refractivity contribution in [1.29, 1.82) is 0 Å². The molecule has 29 heavy (non-hydrogen) atoms. The molecular formula is C23H15N3O3. The molecule has 0 saturated heterocycles. The van der Waals surface area contributed by atoms with Crippen LogP contribution in [-0.2, 0) is 0 Å². The Labute approximate surface area is 165 Å². The van der Waals surface area contributed by atoms with E-state index in [1.165, 1.54) is 0 Å². The summed E-state index contributed by atoms with van der Waals surface area (Å²) in [6.07, 6.45) is 1.59. The van der Waals surface area contributed by atoms with E-state index in [2.05, 4.69) is 15.8 Å². The number of H-pyrrole nitrogens is 1. The molecule has 6 heteroatoms. The summed E-state index contributed by atoms with van der Waals surface area (Å²) < 4.78 is 0. The van der Waals surface area contributed by atoms with Crippen LogP contribution in [-0.4, -0.2) is 22.6 Å². The number of para-hydroxylation sites is 1. The zero-order valence-electron chi connectivity index (χ0n) is 15.2. The number of hydrogen-bond donors (Lipinski definition) is 3. The van der Waals surface area contributed by atoms with Crippen molar-refractivity contribution in [2.24, 2.45) is 0 Å². The van der Waals surface area contributed by atoms with Crippen molar-refractivity contribution in [2.75, 3.05) is 0 Å². The van der Waals surface area contributed by atoms with Gasteiger partial charge in [-0.1, -0.05) is 48.5 Å². The Morgan fingerprint density at radius 1 is 0.724 bits per heavy atom. The van der Waals surface area contributed by atoms with Gasteiger partial charge in [0.2, 0.25) is 0 Å². The second-order valence-electron chi connectivity index (χ2n) is 6.79. The van der Waals surface area contributed by atoms with Crippen LogP contribution in [0.1, 0.15) is 36.6 Å².